The highest BCUT2D eigenvalue weighted by atomic mass is 32.2. The van der Waals surface area contributed by atoms with Crippen LogP contribution in [0.4, 0.5) is 0 Å². The molecule has 0 spiro atoms. The second kappa shape index (κ2) is 5.61. The topological polar surface area (TPSA) is 77.9 Å². The first-order valence-corrected chi connectivity index (χ1v) is 8.88. The Morgan fingerprint density at radius 1 is 1.40 bits per heavy atom. The van der Waals surface area contributed by atoms with Crippen LogP contribution in [0.25, 0.3) is 0 Å². The number of carbonyl (C=O) groups is 1. The van der Waals surface area contributed by atoms with Gasteiger partial charge in [0, 0.05) is 19.6 Å². The molecule has 0 bridgehead atoms. The van der Waals surface area contributed by atoms with Gasteiger partial charge in [-0.2, -0.15) is 4.31 Å². The van der Waals surface area contributed by atoms with Crippen LogP contribution in [0.5, 0.6) is 0 Å². The van der Waals surface area contributed by atoms with Crippen LogP contribution in [0.15, 0.2) is 0 Å². The van der Waals surface area contributed by atoms with E-state index in [9.17, 15) is 18.3 Å². The molecule has 2 aliphatic heterocycles. The first-order chi connectivity index (χ1) is 9.27. The quantitative estimate of drug-likeness (QED) is 0.803. The Bertz CT molecular complexity index is 475. The maximum absolute atomic E-state index is 12.5. The summed E-state index contributed by atoms with van der Waals surface area (Å²) in [6, 6.07) is -0.569. The lowest BCUT2D eigenvalue weighted by Crippen LogP contribution is -2.48. The van der Waals surface area contributed by atoms with E-state index in [0.29, 0.717) is 38.9 Å². The van der Waals surface area contributed by atoms with Crippen LogP contribution >= 0.6 is 0 Å². The Kier molecular flexibility index (Phi) is 4.41. The minimum Gasteiger partial charge on any atom is -0.388 e. The number of carbonyl (C=O) groups excluding carboxylic acids is 1. The molecule has 2 heterocycles. The molecule has 2 rings (SSSR count). The predicted molar refractivity (Wildman–Crippen MR) is 75.6 cm³/mol. The monoisotopic (exact) mass is 304 g/mol. The lowest BCUT2D eigenvalue weighted by atomic mass is 10.1. The molecule has 2 unspecified atom stereocenters. The van der Waals surface area contributed by atoms with Crippen LogP contribution in [0.3, 0.4) is 0 Å². The molecule has 1 amide bonds. The Morgan fingerprint density at radius 3 is 2.65 bits per heavy atom. The zero-order valence-electron chi connectivity index (χ0n) is 12.2. The van der Waals surface area contributed by atoms with Crippen molar-refractivity contribution in [2.24, 2.45) is 0 Å². The number of likely N-dealkylation sites (tertiary alicyclic amines) is 1. The van der Waals surface area contributed by atoms with E-state index >= 15 is 0 Å². The Hall–Kier alpha value is -0.660. The molecule has 7 heteroatoms. The van der Waals surface area contributed by atoms with Gasteiger partial charge in [0.15, 0.2) is 0 Å². The van der Waals surface area contributed by atoms with Crippen molar-refractivity contribution in [2.75, 3.05) is 25.4 Å². The van der Waals surface area contributed by atoms with Gasteiger partial charge in [-0.3, -0.25) is 4.79 Å². The van der Waals surface area contributed by atoms with E-state index in [0.717, 1.165) is 6.42 Å². The number of sulfonamides is 1. The average Bonchev–Trinajstić information content (AvgIpc) is 2.94. The first kappa shape index (κ1) is 15.7. The Balaban J connectivity index is 2.10. The molecule has 2 aliphatic rings. The number of nitrogens with zero attached hydrogens (tertiary/aromatic N) is 2. The maximum Gasteiger partial charge on any atom is 0.241 e. The van der Waals surface area contributed by atoms with Crippen LogP contribution in [0.2, 0.25) is 0 Å². The molecule has 6 nitrogen and oxygen atoms in total. The van der Waals surface area contributed by atoms with Gasteiger partial charge in [-0.25, -0.2) is 8.42 Å². The molecule has 0 saturated carbocycles. The zero-order valence-corrected chi connectivity index (χ0v) is 13.0. The minimum atomic E-state index is -3.34. The lowest BCUT2D eigenvalue weighted by molar-refractivity contribution is -0.134. The maximum atomic E-state index is 12.5. The smallest absolute Gasteiger partial charge is 0.241 e. The highest BCUT2D eigenvalue weighted by Crippen LogP contribution is 2.27. The van der Waals surface area contributed by atoms with E-state index < -0.39 is 21.7 Å². The predicted octanol–water partition coefficient (Wildman–Crippen LogP) is 0.174. The van der Waals surface area contributed by atoms with Crippen molar-refractivity contribution < 1.29 is 18.3 Å². The molecule has 116 valence electrons. The van der Waals surface area contributed by atoms with Crippen molar-refractivity contribution in [2.45, 2.75) is 51.2 Å². The van der Waals surface area contributed by atoms with Gasteiger partial charge in [-0.15, -0.1) is 0 Å². The first-order valence-electron chi connectivity index (χ1n) is 7.27. The third-order valence-corrected chi connectivity index (χ3v) is 6.15. The van der Waals surface area contributed by atoms with Crippen molar-refractivity contribution in [1.82, 2.24) is 9.21 Å². The number of aliphatic hydroxyl groups is 1. The van der Waals surface area contributed by atoms with Crippen molar-refractivity contribution in [3.63, 3.8) is 0 Å². The highest BCUT2D eigenvalue weighted by molar-refractivity contribution is 7.89. The summed E-state index contributed by atoms with van der Waals surface area (Å²) in [5, 5.41) is 9.94. The number of rotatable bonds is 4. The Morgan fingerprint density at radius 2 is 2.10 bits per heavy atom. The molecule has 0 radical (unpaired) electrons. The van der Waals surface area contributed by atoms with Crippen molar-refractivity contribution in [3.05, 3.63) is 0 Å². The molecule has 2 atom stereocenters. The summed E-state index contributed by atoms with van der Waals surface area (Å²) in [6.45, 7) is 4.76. The fourth-order valence-corrected chi connectivity index (χ4v) is 4.78. The van der Waals surface area contributed by atoms with Gasteiger partial charge < -0.3 is 10.0 Å². The highest BCUT2D eigenvalue weighted by Gasteiger charge is 2.43. The number of amides is 1. The van der Waals surface area contributed by atoms with Crippen LogP contribution in [-0.4, -0.2) is 65.7 Å². The van der Waals surface area contributed by atoms with Gasteiger partial charge in [0.2, 0.25) is 15.9 Å². The number of hydrogen-bond donors (Lipinski definition) is 1. The molecule has 0 aromatic heterocycles. The summed E-state index contributed by atoms with van der Waals surface area (Å²) in [5.74, 6) is -0.0611. The van der Waals surface area contributed by atoms with E-state index in [1.165, 1.54) is 4.31 Å². The Labute approximate surface area is 120 Å². The van der Waals surface area contributed by atoms with E-state index in [-0.39, 0.29) is 11.7 Å². The summed E-state index contributed by atoms with van der Waals surface area (Å²) >= 11 is 0. The normalized spacial score (nSPS) is 31.9. The van der Waals surface area contributed by atoms with E-state index in [2.05, 4.69) is 0 Å². The average molecular weight is 304 g/mol. The minimum absolute atomic E-state index is 0.0918. The fraction of sp³-hybridized carbons (Fsp3) is 0.923. The molecule has 20 heavy (non-hydrogen) atoms. The number of β-amino-alcohol motifs (C(OH)–C–C–N with tert-alkyl or cyclic N) is 1. The van der Waals surface area contributed by atoms with Gasteiger partial charge in [-0.1, -0.05) is 6.92 Å². The van der Waals surface area contributed by atoms with Gasteiger partial charge >= 0.3 is 0 Å². The van der Waals surface area contributed by atoms with E-state index in [4.69, 9.17) is 0 Å². The number of hydrogen-bond acceptors (Lipinski definition) is 4. The molecular weight excluding hydrogens is 280 g/mol. The SMILES string of the molecule is CCCS(=O)(=O)N1CCCC1C(=O)N1CCC(C)(O)C1. The van der Waals surface area contributed by atoms with Gasteiger partial charge in [-0.05, 0) is 32.6 Å². The van der Waals surface area contributed by atoms with Crippen molar-refractivity contribution in [3.8, 4) is 0 Å². The van der Waals surface area contributed by atoms with Crippen molar-refractivity contribution >= 4 is 15.9 Å². The molecule has 2 fully saturated rings. The second-order valence-electron chi connectivity index (χ2n) is 6.09. The van der Waals surface area contributed by atoms with Crippen LogP contribution in [0, 0.1) is 0 Å². The summed E-state index contributed by atoms with van der Waals surface area (Å²) in [5.41, 5.74) is -0.846. The largest absolute Gasteiger partial charge is 0.388 e. The van der Waals surface area contributed by atoms with Crippen LogP contribution < -0.4 is 0 Å². The van der Waals surface area contributed by atoms with Gasteiger partial charge in [0.05, 0.1) is 11.4 Å². The van der Waals surface area contributed by atoms with Crippen molar-refractivity contribution in [1.29, 1.82) is 0 Å². The second-order valence-corrected chi connectivity index (χ2v) is 8.13. The molecule has 0 aromatic rings. The zero-order chi connectivity index (χ0) is 15.0. The lowest BCUT2D eigenvalue weighted by Gasteiger charge is -2.27. The summed E-state index contributed by atoms with van der Waals surface area (Å²) < 4.78 is 25.8. The third-order valence-electron chi connectivity index (χ3n) is 4.07. The van der Waals surface area contributed by atoms with E-state index in [1.807, 2.05) is 6.92 Å². The summed E-state index contributed by atoms with van der Waals surface area (Å²) in [6.07, 6.45) is 2.41. The van der Waals surface area contributed by atoms with E-state index in [1.54, 1.807) is 11.8 Å². The van der Waals surface area contributed by atoms with Gasteiger partial charge in [0.25, 0.3) is 0 Å². The van der Waals surface area contributed by atoms with Crippen LogP contribution in [-0.2, 0) is 14.8 Å². The molecule has 0 aliphatic carbocycles. The molecule has 0 aromatic carbocycles. The standard InChI is InChI=1S/C13H24N2O4S/c1-3-9-20(18,19)15-7-4-5-11(15)12(16)14-8-6-13(2,17)10-14/h11,17H,3-10H2,1-2H3. The molecular formula is C13H24N2O4S. The summed E-state index contributed by atoms with van der Waals surface area (Å²) in [4.78, 5) is 14.1. The van der Waals surface area contributed by atoms with Crippen LogP contribution in [0.1, 0.15) is 39.5 Å². The van der Waals surface area contributed by atoms with Gasteiger partial charge in [0.1, 0.15) is 6.04 Å². The summed E-state index contributed by atoms with van der Waals surface area (Å²) in [7, 11) is -3.34. The fourth-order valence-electron chi connectivity index (χ4n) is 3.04. The molecule has 1 N–H and O–H groups in total. The third kappa shape index (κ3) is 3.15. The molecule has 2 saturated heterocycles.